The molecular weight excluding hydrogens is 232 g/mol. The Morgan fingerprint density at radius 2 is 2.17 bits per heavy atom. The Hall–Kier alpha value is -0.980. The molecule has 6 heteroatoms. The zero-order valence-corrected chi connectivity index (χ0v) is 11.8. The summed E-state index contributed by atoms with van der Waals surface area (Å²) in [6, 6.07) is 0.0433. The second-order valence-corrected chi connectivity index (χ2v) is 5.51. The maximum absolute atomic E-state index is 9.80. The van der Waals surface area contributed by atoms with E-state index in [1.807, 2.05) is 39.3 Å². The van der Waals surface area contributed by atoms with E-state index >= 15 is 0 Å². The number of aliphatic hydroxyl groups is 1. The van der Waals surface area contributed by atoms with Gasteiger partial charge in [0.2, 0.25) is 0 Å². The molecule has 0 saturated carbocycles. The van der Waals surface area contributed by atoms with Gasteiger partial charge >= 0.3 is 0 Å². The summed E-state index contributed by atoms with van der Waals surface area (Å²) in [4.78, 5) is 0. The largest absolute Gasteiger partial charge is 0.389 e. The van der Waals surface area contributed by atoms with Crippen LogP contribution in [-0.4, -0.2) is 44.7 Å². The lowest BCUT2D eigenvalue weighted by molar-refractivity contribution is -0.0483. The van der Waals surface area contributed by atoms with E-state index < -0.39 is 6.10 Å². The summed E-state index contributed by atoms with van der Waals surface area (Å²) >= 11 is 0. The predicted molar refractivity (Wildman–Crippen MR) is 69.1 cm³/mol. The highest BCUT2D eigenvalue weighted by Crippen LogP contribution is 2.09. The van der Waals surface area contributed by atoms with E-state index in [2.05, 4.69) is 15.5 Å². The summed E-state index contributed by atoms with van der Waals surface area (Å²) < 4.78 is 7.37. The van der Waals surface area contributed by atoms with Crippen LogP contribution in [0.5, 0.6) is 0 Å². The van der Waals surface area contributed by atoms with Crippen molar-refractivity contribution in [3.63, 3.8) is 0 Å². The lowest BCUT2D eigenvalue weighted by atomic mass is 10.2. The maximum Gasteiger partial charge on any atom is 0.149 e. The number of nitrogens with zero attached hydrogens (tertiary/aromatic N) is 3. The van der Waals surface area contributed by atoms with Crippen molar-refractivity contribution in [2.45, 2.75) is 45.4 Å². The molecule has 1 aromatic rings. The van der Waals surface area contributed by atoms with E-state index in [0.717, 1.165) is 5.82 Å². The lowest BCUT2D eigenvalue weighted by Gasteiger charge is -2.23. The number of aliphatic hydroxyl groups excluding tert-OH is 1. The third kappa shape index (κ3) is 5.12. The quantitative estimate of drug-likeness (QED) is 0.781. The van der Waals surface area contributed by atoms with Gasteiger partial charge in [-0.25, -0.2) is 0 Å². The molecule has 1 rings (SSSR count). The fraction of sp³-hybridized carbons (Fsp3) is 0.833. The van der Waals surface area contributed by atoms with Crippen molar-refractivity contribution < 1.29 is 9.84 Å². The molecule has 0 amide bonds. The molecule has 0 saturated heterocycles. The first-order chi connectivity index (χ1) is 8.29. The summed E-state index contributed by atoms with van der Waals surface area (Å²) in [6.45, 7) is 8.67. The van der Waals surface area contributed by atoms with E-state index in [1.54, 1.807) is 6.33 Å². The van der Waals surface area contributed by atoms with Gasteiger partial charge in [-0.1, -0.05) is 0 Å². The summed E-state index contributed by atoms with van der Waals surface area (Å²) in [5.41, 5.74) is -0.226. The van der Waals surface area contributed by atoms with Crippen LogP contribution in [0.15, 0.2) is 6.33 Å². The van der Waals surface area contributed by atoms with Gasteiger partial charge in [-0.15, -0.1) is 10.2 Å². The van der Waals surface area contributed by atoms with Crippen LogP contribution in [0.2, 0.25) is 0 Å². The van der Waals surface area contributed by atoms with Gasteiger partial charge in [0, 0.05) is 13.6 Å². The van der Waals surface area contributed by atoms with Gasteiger partial charge in [0.05, 0.1) is 24.4 Å². The van der Waals surface area contributed by atoms with Crippen molar-refractivity contribution in [2.24, 2.45) is 7.05 Å². The minimum atomic E-state index is -0.528. The van der Waals surface area contributed by atoms with Crippen LogP contribution >= 0.6 is 0 Å². The summed E-state index contributed by atoms with van der Waals surface area (Å²) in [5.74, 6) is 0.846. The Morgan fingerprint density at radius 3 is 2.67 bits per heavy atom. The molecule has 0 bridgehead atoms. The Morgan fingerprint density at radius 1 is 1.50 bits per heavy atom. The molecule has 1 heterocycles. The monoisotopic (exact) mass is 256 g/mol. The first kappa shape index (κ1) is 15.1. The van der Waals surface area contributed by atoms with Crippen LogP contribution < -0.4 is 5.32 Å². The Bertz CT molecular complexity index is 359. The van der Waals surface area contributed by atoms with Crippen LogP contribution in [0.4, 0.5) is 0 Å². The van der Waals surface area contributed by atoms with E-state index in [4.69, 9.17) is 4.74 Å². The molecule has 0 fully saturated rings. The van der Waals surface area contributed by atoms with Crippen molar-refractivity contribution in [1.82, 2.24) is 20.1 Å². The first-order valence-electron chi connectivity index (χ1n) is 6.19. The molecule has 0 aliphatic rings. The Balaban J connectivity index is 2.30. The first-order valence-corrected chi connectivity index (χ1v) is 6.19. The fourth-order valence-electron chi connectivity index (χ4n) is 1.49. The third-order valence-electron chi connectivity index (χ3n) is 2.50. The number of hydrogen-bond donors (Lipinski definition) is 2. The minimum absolute atomic E-state index is 0.0433. The minimum Gasteiger partial charge on any atom is -0.389 e. The standard InChI is InChI=1S/C12H24N4O2/c1-9(11-15-14-8-16(11)5)13-6-10(17)7-18-12(2,3)4/h8-10,13,17H,6-7H2,1-5H3. The molecule has 1 aromatic heterocycles. The topological polar surface area (TPSA) is 72.2 Å². The van der Waals surface area contributed by atoms with Gasteiger partial charge in [-0.3, -0.25) is 0 Å². The van der Waals surface area contributed by atoms with E-state index in [-0.39, 0.29) is 11.6 Å². The van der Waals surface area contributed by atoms with Crippen molar-refractivity contribution in [3.8, 4) is 0 Å². The summed E-state index contributed by atoms with van der Waals surface area (Å²) in [7, 11) is 1.90. The van der Waals surface area contributed by atoms with Gasteiger partial charge in [-0.2, -0.15) is 0 Å². The van der Waals surface area contributed by atoms with Gasteiger partial charge in [0.15, 0.2) is 0 Å². The SMILES string of the molecule is CC(NCC(O)COC(C)(C)C)c1nncn1C. The maximum atomic E-state index is 9.80. The van der Waals surface area contributed by atoms with E-state index in [1.165, 1.54) is 0 Å². The van der Waals surface area contributed by atoms with Crippen molar-refractivity contribution in [2.75, 3.05) is 13.2 Å². The summed E-state index contributed by atoms with van der Waals surface area (Å²) in [6.07, 6.45) is 1.13. The molecule has 0 aliphatic heterocycles. The molecule has 0 aromatic carbocycles. The second kappa shape index (κ2) is 6.26. The highest BCUT2D eigenvalue weighted by Gasteiger charge is 2.16. The van der Waals surface area contributed by atoms with Crippen LogP contribution in [-0.2, 0) is 11.8 Å². The molecular formula is C12H24N4O2. The molecule has 2 atom stereocenters. The predicted octanol–water partition coefficient (Wildman–Crippen LogP) is 0.642. The number of nitrogens with one attached hydrogen (secondary N) is 1. The lowest BCUT2D eigenvalue weighted by Crippen LogP contribution is -2.35. The van der Waals surface area contributed by atoms with Gasteiger partial charge < -0.3 is 19.7 Å². The Kier molecular flexibility index (Phi) is 5.25. The molecule has 2 N–H and O–H groups in total. The fourth-order valence-corrected chi connectivity index (χ4v) is 1.49. The van der Waals surface area contributed by atoms with Crippen LogP contribution in [0.25, 0.3) is 0 Å². The smallest absolute Gasteiger partial charge is 0.149 e. The van der Waals surface area contributed by atoms with E-state index in [9.17, 15) is 5.11 Å². The number of aromatic nitrogens is 3. The highest BCUT2D eigenvalue weighted by atomic mass is 16.5. The molecule has 18 heavy (non-hydrogen) atoms. The normalized spacial score (nSPS) is 15.7. The summed E-state index contributed by atoms with van der Waals surface area (Å²) in [5, 5.41) is 20.8. The molecule has 2 unspecified atom stereocenters. The average molecular weight is 256 g/mol. The molecule has 0 spiro atoms. The van der Waals surface area contributed by atoms with Gasteiger partial charge in [0.1, 0.15) is 12.2 Å². The Labute approximate surface area is 108 Å². The van der Waals surface area contributed by atoms with Crippen LogP contribution in [0.1, 0.15) is 39.6 Å². The highest BCUT2D eigenvalue weighted by molar-refractivity contribution is 4.92. The second-order valence-electron chi connectivity index (χ2n) is 5.51. The zero-order valence-electron chi connectivity index (χ0n) is 11.8. The zero-order chi connectivity index (χ0) is 13.8. The molecule has 0 aliphatic carbocycles. The van der Waals surface area contributed by atoms with Gasteiger partial charge in [-0.05, 0) is 27.7 Å². The van der Waals surface area contributed by atoms with Crippen molar-refractivity contribution in [3.05, 3.63) is 12.2 Å². The van der Waals surface area contributed by atoms with Crippen molar-refractivity contribution >= 4 is 0 Å². The number of hydrogen-bond acceptors (Lipinski definition) is 5. The molecule has 6 nitrogen and oxygen atoms in total. The number of rotatable bonds is 6. The van der Waals surface area contributed by atoms with Crippen molar-refractivity contribution in [1.29, 1.82) is 0 Å². The number of ether oxygens (including phenoxy) is 1. The third-order valence-corrected chi connectivity index (χ3v) is 2.50. The van der Waals surface area contributed by atoms with Crippen LogP contribution in [0.3, 0.4) is 0 Å². The average Bonchev–Trinajstić information content (AvgIpc) is 2.68. The van der Waals surface area contributed by atoms with Crippen LogP contribution in [0, 0.1) is 0 Å². The molecule has 0 radical (unpaired) electrons. The van der Waals surface area contributed by atoms with E-state index in [0.29, 0.717) is 13.2 Å². The van der Waals surface area contributed by atoms with Gasteiger partial charge in [0.25, 0.3) is 0 Å². The number of aryl methyl sites for hydroxylation is 1. The molecule has 104 valence electrons.